The molecular formula is C16H14ClFN2O2. The average molecular weight is 321 g/mol. The molecule has 0 saturated carbocycles. The SMILES string of the molecule is Cc1ccccc1OCC(=O)NN=Cc1c(F)cccc1Cl. The number of aryl methyl sites for hydroxylation is 1. The Balaban J connectivity index is 1.88. The van der Waals surface area contributed by atoms with E-state index in [4.69, 9.17) is 16.3 Å². The van der Waals surface area contributed by atoms with Gasteiger partial charge in [0, 0.05) is 5.56 Å². The van der Waals surface area contributed by atoms with Gasteiger partial charge in [-0.3, -0.25) is 4.79 Å². The molecule has 0 fully saturated rings. The molecule has 4 nitrogen and oxygen atoms in total. The van der Waals surface area contributed by atoms with Crippen molar-refractivity contribution >= 4 is 23.7 Å². The van der Waals surface area contributed by atoms with Crippen LogP contribution in [0.2, 0.25) is 5.02 Å². The molecule has 0 atom stereocenters. The number of ether oxygens (including phenoxy) is 1. The monoisotopic (exact) mass is 320 g/mol. The number of nitrogens with one attached hydrogen (secondary N) is 1. The molecule has 1 amide bonds. The predicted molar refractivity (Wildman–Crippen MR) is 83.8 cm³/mol. The van der Waals surface area contributed by atoms with Gasteiger partial charge in [0.2, 0.25) is 0 Å². The zero-order valence-electron chi connectivity index (χ0n) is 11.8. The molecule has 0 aromatic heterocycles. The van der Waals surface area contributed by atoms with E-state index in [0.717, 1.165) is 11.8 Å². The molecule has 114 valence electrons. The maximum Gasteiger partial charge on any atom is 0.277 e. The Morgan fingerprint density at radius 3 is 2.82 bits per heavy atom. The van der Waals surface area contributed by atoms with E-state index >= 15 is 0 Å². The van der Waals surface area contributed by atoms with Crippen molar-refractivity contribution in [1.82, 2.24) is 5.43 Å². The number of para-hydroxylation sites is 1. The van der Waals surface area contributed by atoms with Crippen molar-refractivity contribution in [3.05, 3.63) is 64.4 Å². The Bertz CT molecular complexity index is 684. The lowest BCUT2D eigenvalue weighted by molar-refractivity contribution is -0.123. The van der Waals surface area contributed by atoms with Crippen LogP contribution < -0.4 is 10.2 Å². The van der Waals surface area contributed by atoms with E-state index in [1.54, 1.807) is 6.07 Å². The van der Waals surface area contributed by atoms with Crippen molar-refractivity contribution in [3.8, 4) is 5.75 Å². The number of hydrogen-bond acceptors (Lipinski definition) is 3. The molecule has 0 radical (unpaired) electrons. The van der Waals surface area contributed by atoms with Crippen LogP contribution in [-0.4, -0.2) is 18.7 Å². The number of hydrazone groups is 1. The summed E-state index contributed by atoms with van der Waals surface area (Å²) in [6.07, 6.45) is 1.16. The van der Waals surface area contributed by atoms with E-state index in [2.05, 4.69) is 10.5 Å². The number of halogens is 2. The van der Waals surface area contributed by atoms with Crippen LogP contribution in [0.25, 0.3) is 0 Å². The largest absolute Gasteiger partial charge is 0.483 e. The third-order valence-electron chi connectivity index (χ3n) is 2.83. The van der Waals surface area contributed by atoms with Gasteiger partial charge in [-0.15, -0.1) is 0 Å². The molecule has 0 unspecified atom stereocenters. The van der Waals surface area contributed by atoms with Crippen LogP contribution >= 0.6 is 11.6 Å². The number of nitrogens with zero attached hydrogens (tertiary/aromatic N) is 1. The third kappa shape index (κ3) is 4.30. The molecule has 0 heterocycles. The average Bonchev–Trinajstić information content (AvgIpc) is 2.49. The second-order valence-electron chi connectivity index (χ2n) is 4.48. The summed E-state index contributed by atoms with van der Waals surface area (Å²) in [7, 11) is 0. The summed E-state index contributed by atoms with van der Waals surface area (Å²) in [5.41, 5.74) is 3.30. The van der Waals surface area contributed by atoms with E-state index in [1.807, 2.05) is 25.1 Å². The van der Waals surface area contributed by atoms with Gasteiger partial charge in [-0.2, -0.15) is 5.10 Å². The van der Waals surface area contributed by atoms with Crippen molar-refractivity contribution in [2.75, 3.05) is 6.61 Å². The number of carbonyl (C=O) groups excluding carboxylic acids is 1. The number of amides is 1. The zero-order valence-corrected chi connectivity index (χ0v) is 12.6. The highest BCUT2D eigenvalue weighted by Gasteiger charge is 2.05. The maximum absolute atomic E-state index is 13.5. The first-order valence-electron chi connectivity index (χ1n) is 6.52. The fraction of sp³-hybridized carbons (Fsp3) is 0.125. The molecule has 0 aliphatic rings. The molecular weight excluding hydrogens is 307 g/mol. The van der Waals surface area contributed by atoms with E-state index in [1.165, 1.54) is 18.2 Å². The Kier molecular flexibility index (Phi) is 5.49. The molecule has 0 spiro atoms. The molecule has 2 rings (SSSR count). The van der Waals surface area contributed by atoms with Gasteiger partial charge in [-0.25, -0.2) is 9.82 Å². The van der Waals surface area contributed by atoms with Crippen molar-refractivity contribution < 1.29 is 13.9 Å². The minimum absolute atomic E-state index is 0.115. The summed E-state index contributed by atoms with van der Waals surface area (Å²) in [5.74, 6) is -0.340. The van der Waals surface area contributed by atoms with Gasteiger partial charge in [0.25, 0.3) is 5.91 Å². The lowest BCUT2D eigenvalue weighted by Crippen LogP contribution is -2.24. The van der Waals surface area contributed by atoms with E-state index < -0.39 is 11.7 Å². The lowest BCUT2D eigenvalue weighted by atomic mass is 10.2. The summed E-state index contributed by atoms with van der Waals surface area (Å²) in [5, 5.41) is 3.89. The second kappa shape index (κ2) is 7.56. The van der Waals surface area contributed by atoms with Gasteiger partial charge < -0.3 is 4.74 Å². The van der Waals surface area contributed by atoms with Crippen LogP contribution in [0, 0.1) is 12.7 Å². The van der Waals surface area contributed by atoms with Gasteiger partial charge in [-0.05, 0) is 30.7 Å². The summed E-state index contributed by atoms with van der Waals surface area (Å²) in [6.45, 7) is 1.69. The first-order chi connectivity index (χ1) is 10.6. The molecule has 0 bridgehead atoms. The van der Waals surface area contributed by atoms with Crippen LogP contribution in [0.1, 0.15) is 11.1 Å². The van der Waals surface area contributed by atoms with Crippen molar-refractivity contribution in [2.45, 2.75) is 6.92 Å². The van der Waals surface area contributed by atoms with E-state index in [0.29, 0.717) is 5.75 Å². The Morgan fingerprint density at radius 1 is 1.32 bits per heavy atom. The first-order valence-corrected chi connectivity index (χ1v) is 6.90. The minimum atomic E-state index is -0.512. The number of rotatable bonds is 5. The smallest absolute Gasteiger partial charge is 0.277 e. The number of benzene rings is 2. The van der Waals surface area contributed by atoms with Gasteiger partial charge in [0.05, 0.1) is 11.2 Å². The molecule has 1 N–H and O–H groups in total. The highest BCUT2D eigenvalue weighted by molar-refractivity contribution is 6.33. The molecule has 0 aliphatic heterocycles. The molecule has 2 aromatic rings. The molecule has 2 aromatic carbocycles. The number of hydrogen-bond donors (Lipinski definition) is 1. The molecule has 0 saturated heterocycles. The van der Waals surface area contributed by atoms with Crippen LogP contribution in [0.3, 0.4) is 0 Å². The van der Waals surface area contributed by atoms with Gasteiger partial charge >= 0.3 is 0 Å². The highest BCUT2D eigenvalue weighted by Crippen LogP contribution is 2.17. The van der Waals surface area contributed by atoms with Crippen LogP contribution in [0.5, 0.6) is 5.75 Å². The second-order valence-corrected chi connectivity index (χ2v) is 4.89. The van der Waals surface area contributed by atoms with Crippen molar-refractivity contribution in [2.24, 2.45) is 5.10 Å². The standard InChI is InChI=1S/C16H14ClFN2O2/c1-11-5-2-3-8-15(11)22-10-16(21)20-19-9-12-13(17)6-4-7-14(12)18/h2-9H,10H2,1H3,(H,20,21). The Morgan fingerprint density at radius 2 is 2.09 bits per heavy atom. The summed E-state index contributed by atoms with van der Waals surface area (Å²) in [6, 6.07) is 11.6. The fourth-order valence-corrected chi connectivity index (χ4v) is 1.91. The highest BCUT2D eigenvalue weighted by atomic mass is 35.5. The van der Waals surface area contributed by atoms with E-state index in [9.17, 15) is 9.18 Å². The lowest BCUT2D eigenvalue weighted by Gasteiger charge is -2.07. The summed E-state index contributed by atoms with van der Waals surface area (Å²) >= 11 is 5.83. The molecule has 22 heavy (non-hydrogen) atoms. The number of carbonyl (C=O) groups is 1. The quantitative estimate of drug-likeness (QED) is 0.678. The topological polar surface area (TPSA) is 50.7 Å². The summed E-state index contributed by atoms with van der Waals surface area (Å²) < 4.78 is 18.8. The maximum atomic E-state index is 13.5. The van der Waals surface area contributed by atoms with Gasteiger partial charge in [-0.1, -0.05) is 35.9 Å². The van der Waals surface area contributed by atoms with Crippen molar-refractivity contribution in [1.29, 1.82) is 0 Å². The van der Waals surface area contributed by atoms with Crippen LogP contribution in [0.4, 0.5) is 4.39 Å². The van der Waals surface area contributed by atoms with Crippen LogP contribution in [-0.2, 0) is 4.79 Å². The van der Waals surface area contributed by atoms with Gasteiger partial charge in [0.15, 0.2) is 6.61 Å². The first kappa shape index (κ1) is 16.0. The minimum Gasteiger partial charge on any atom is -0.483 e. The van der Waals surface area contributed by atoms with E-state index in [-0.39, 0.29) is 17.2 Å². The fourth-order valence-electron chi connectivity index (χ4n) is 1.70. The molecule has 0 aliphatic carbocycles. The zero-order chi connectivity index (χ0) is 15.9. The normalized spacial score (nSPS) is 10.7. The molecule has 6 heteroatoms. The van der Waals surface area contributed by atoms with Crippen LogP contribution in [0.15, 0.2) is 47.6 Å². The van der Waals surface area contributed by atoms with Gasteiger partial charge in [0.1, 0.15) is 11.6 Å². The third-order valence-corrected chi connectivity index (χ3v) is 3.16. The predicted octanol–water partition coefficient (Wildman–Crippen LogP) is 3.32. The Labute approximate surface area is 132 Å². The Hall–Kier alpha value is -2.40. The van der Waals surface area contributed by atoms with Crippen molar-refractivity contribution in [3.63, 3.8) is 0 Å². The summed E-state index contributed by atoms with van der Waals surface area (Å²) in [4.78, 5) is 11.6.